The molecule has 0 aliphatic heterocycles. The van der Waals surface area contributed by atoms with E-state index < -0.39 is 23.2 Å². The van der Waals surface area contributed by atoms with Crippen molar-refractivity contribution in [1.82, 2.24) is 9.13 Å². The van der Waals surface area contributed by atoms with Gasteiger partial charge in [0, 0.05) is 0 Å². The van der Waals surface area contributed by atoms with Crippen molar-refractivity contribution in [1.29, 1.82) is 0 Å². The Morgan fingerprint density at radius 1 is 0.543 bits per heavy atom. The Hall–Kier alpha value is -2.78. The van der Waals surface area contributed by atoms with Crippen molar-refractivity contribution in [2.45, 2.75) is 34.9 Å². The summed E-state index contributed by atoms with van der Waals surface area (Å²) in [6, 6.07) is 17.8. The number of rotatable bonds is 4. The number of halogens is 2. The topological polar surface area (TPSA) is 9.86 Å². The average molecular weight is 546 g/mol. The molecule has 0 bridgehead atoms. The van der Waals surface area contributed by atoms with E-state index in [4.69, 9.17) is 0 Å². The zero-order valence-electron chi connectivity index (χ0n) is 20.4. The smallest absolute Gasteiger partial charge is 1.00 e. The van der Waals surface area contributed by atoms with Gasteiger partial charge in [0.25, 0.3) is 0 Å². The summed E-state index contributed by atoms with van der Waals surface area (Å²) in [5, 5.41) is 0. The average Bonchev–Trinajstić information content (AvgIpc) is 3.59. The van der Waals surface area contributed by atoms with Gasteiger partial charge in [-0.05, 0) is 0 Å². The van der Waals surface area contributed by atoms with Gasteiger partial charge in [0.1, 0.15) is 0 Å². The number of allylic oxidation sites excluding steroid dienone is 2. The third kappa shape index (κ3) is 4.04. The van der Waals surface area contributed by atoms with Crippen molar-refractivity contribution in [3.63, 3.8) is 0 Å². The number of fused-ring (bicyclic) bond motifs is 2. The fourth-order valence-corrected chi connectivity index (χ4v) is 11.1. The fraction of sp³-hybridized carbons (Fsp3) is 0.200. The molecule has 0 radical (unpaired) electrons. The number of hydrogen-bond acceptors (Lipinski definition) is 0. The molecule has 2 unspecified atom stereocenters. The van der Waals surface area contributed by atoms with E-state index in [1.54, 1.807) is 11.1 Å². The fourth-order valence-electron chi connectivity index (χ4n) is 5.58. The quantitative estimate of drug-likeness (QED) is 0.367. The van der Waals surface area contributed by atoms with E-state index in [9.17, 15) is 0 Å². The van der Waals surface area contributed by atoms with Gasteiger partial charge in [-0.1, -0.05) is 0 Å². The van der Waals surface area contributed by atoms with Gasteiger partial charge in [0.2, 0.25) is 0 Å². The molecule has 2 aromatic heterocycles. The van der Waals surface area contributed by atoms with Gasteiger partial charge < -0.3 is 9.41 Å². The molecule has 2 atom stereocenters. The summed E-state index contributed by atoms with van der Waals surface area (Å²) >= 11 is -1.03. The van der Waals surface area contributed by atoms with Gasteiger partial charge in [0.05, 0.1) is 0 Å². The van der Waals surface area contributed by atoms with Crippen LogP contribution in [0.3, 0.4) is 0 Å². The summed E-state index contributed by atoms with van der Waals surface area (Å²) in [6.45, 7) is 9.13. The molecule has 0 saturated carbocycles. The maximum atomic E-state index is 2.47. The van der Waals surface area contributed by atoms with Crippen molar-refractivity contribution < 1.29 is 32.6 Å². The number of benzene rings is 2. The molecule has 0 spiro atoms. The minimum Gasteiger partial charge on any atom is -1.00 e. The summed E-state index contributed by atoms with van der Waals surface area (Å²) in [4.78, 5) is 0. The zero-order chi connectivity index (χ0) is 22.7. The van der Waals surface area contributed by atoms with Gasteiger partial charge >= 0.3 is 209 Å². The van der Waals surface area contributed by atoms with Crippen molar-refractivity contribution in [3.8, 4) is 0 Å². The Balaban J connectivity index is 0.00000144. The van der Waals surface area contributed by atoms with Gasteiger partial charge in [-0.25, -0.2) is 0 Å². The molecule has 35 heavy (non-hydrogen) atoms. The molecule has 6 rings (SSSR count). The van der Waals surface area contributed by atoms with E-state index in [0.717, 1.165) is 0 Å². The van der Waals surface area contributed by atoms with Crippen LogP contribution in [0.25, 0.3) is 23.5 Å². The van der Waals surface area contributed by atoms with Crippen LogP contribution in [0.1, 0.15) is 51.8 Å². The Morgan fingerprint density at radius 2 is 0.886 bits per heavy atom. The number of hydrogen-bond donors (Lipinski definition) is 0. The van der Waals surface area contributed by atoms with E-state index >= 15 is 0 Å². The van der Waals surface area contributed by atoms with E-state index in [2.05, 4.69) is 122 Å². The predicted octanol–water partition coefficient (Wildman–Crippen LogP) is 1.42. The van der Waals surface area contributed by atoms with Crippen LogP contribution in [-0.2, 0) is 23.2 Å². The normalized spacial score (nSPS) is 17.5. The zero-order valence-corrected chi connectivity index (χ0v) is 22.8. The Labute approximate surface area is 217 Å². The van der Waals surface area contributed by atoms with Crippen LogP contribution in [-0.4, -0.2) is 9.13 Å². The Kier molecular flexibility index (Phi) is 7.02. The molecule has 176 valence electrons. The molecule has 0 amide bonds. The Morgan fingerprint density at radius 3 is 1.26 bits per heavy atom. The second-order valence-electron chi connectivity index (χ2n) is 9.41. The molecule has 0 fully saturated rings. The molecule has 0 N–H and O–H groups in total. The van der Waals surface area contributed by atoms with Crippen LogP contribution in [0.2, 0.25) is 0 Å². The van der Waals surface area contributed by atoms with E-state index in [1.807, 2.05) is 0 Å². The molecule has 2 aromatic carbocycles. The second-order valence-corrected chi connectivity index (χ2v) is 13.1. The molecule has 0 saturated heterocycles. The first-order valence-corrected chi connectivity index (χ1v) is 14.5. The number of aryl methyl sites for hydroxylation is 4. The number of nitrogens with zero attached hydrogens (tertiary/aromatic N) is 2. The van der Waals surface area contributed by atoms with Crippen LogP contribution < -0.4 is 9.41 Å². The first kappa shape index (κ1) is 25.3. The molecule has 5 heteroatoms. The first-order chi connectivity index (χ1) is 16.0. The van der Waals surface area contributed by atoms with Crippen LogP contribution in [0.15, 0.2) is 73.3 Å². The number of aromatic nitrogens is 2. The van der Waals surface area contributed by atoms with Crippen LogP contribution in [0.4, 0.5) is 0 Å². The minimum absolute atomic E-state index is 0. The van der Waals surface area contributed by atoms with E-state index in [1.165, 1.54) is 44.8 Å². The van der Waals surface area contributed by atoms with Crippen molar-refractivity contribution in [2.75, 3.05) is 0 Å². The Bertz CT molecular complexity index is 1320. The summed E-state index contributed by atoms with van der Waals surface area (Å²) in [7, 11) is 0. The molecule has 2 aliphatic rings. The van der Waals surface area contributed by atoms with Crippen molar-refractivity contribution in [2.24, 2.45) is 0 Å². The van der Waals surface area contributed by atoms with Crippen molar-refractivity contribution in [3.05, 3.63) is 118 Å². The summed E-state index contributed by atoms with van der Waals surface area (Å²) in [5.41, 5.74) is 14.6. The standard InChI is InChI=1S/2C15H14N.2FH.Zr/c2*1-11-5-6-12(2)15-10-13(9-14(11)15)16-7-3-4-8-16;;;/h2*3-10H,1-2H3;2*1H;/q;;;;+2/p-2. The van der Waals surface area contributed by atoms with Gasteiger partial charge in [0.15, 0.2) is 0 Å². The van der Waals surface area contributed by atoms with Gasteiger partial charge in [-0.3, -0.25) is 0 Å². The second kappa shape index (κ2) is 9.70. The molecular weight excluding hydrogens is 518 g/mol. The van der Waals surface area contributed by atoms with Crippen LogP contribution in [0, 0.1) is 27.7 Å². The molecule has 2 nitrogen and oxygen atoms in total. The molecule has 2 aliphatic carbocycles. The van der Waals surface area contributed by atoms with Crippen molar-refractivity contribution >= 4 is 23.5 Å². The third-order valence-electron chi connectivity index (χ3n) is 7.34. The first-order valence-electron chi connectivity index (χ1n) is 11.7. The molecule has 2 heterocycles. The van der Waals surface area contributed by atoms with E-state index in [0.29, 0.717) is 7.25 Å². The maximum Gasteiger partial charge on any atom is -1.00 e. The van der Waals surface area contributed by atoms with Crippen LogP contribution >= 0.6 is 0 Å². The van der Waals surface area contributed by atoms with E-state index in [-0.39, 0.29) is 9.41 Å². The monoisotopic (exact) mass is 544 g/mol. The summed E-state index contributed by atoms with van der Waals surface area (Å²) < 4.78 is 5.77. The molecular formula is C30H28F2N2Zr. The molecule has 4 aromatic rings. The third-order valence-corrected chi connectivity index (χ3v) is 11.9. The maximum absolute atomic E-state index is 2.47. The largest absolute Gasteiger partial charge is 1.00 e. The predicted molar refractivity (Wildman–Crippen MR) is 135 cm³/mol. The summed E-state index contributed by atoms with van der Waals surface area (Å²) in [6.07, 6.45) is 13.8. The van der Waals surface area contributed by atoms with Crippen LogP contribution in [0.5, 0.6) is 0 Å². The minimum atomic E-state index is -1.03. The van der Waals surface area contributed by atoms with Gasteiger partial charge in [-0.15, -0.1) is 0 Å². The SMILES string of the molecule is Cc1ccc(C)c2c1C=C(n1cccc1)[CH]2[Zr+2][CH]1C(n2cccc2)=Cc2c(C)ccc(C)c21.[F-].[F-]. The summed E-state index contributed by atoms with van der Waals surface area (Å²) in [5.74, 6) is 0. The van der Waals surface area contributed by atoms with Gasteiger partial charge in [-0.2, -0.15) is 0 Å².